The molecule has 0 radical (unpaired) electrons. The van der Waals surface area contributed by atoms with Crippen molar-refractivity contribution in [3.05, 3.63) is 448 Å². The third-order valence-electron chi connectivity index (χ3n) is 24.0. The highest BCUT2D eigenvalue weighted by Crippen LogP contribution is 2.51. The molecule has 13 aromatic carbocycles. The van der Waals surface area contributed by atoms with E-state index in [-0.39, 0.29) is 17.8 Å². The summed E-state index contributed by atoms with van der Waals surface area (Å²) in [6.07, 6.45) is 54.7. The molecule has 0 aromatic heterocycles. The fraction of sp³-hybridized carbons (Fsp3) is 0.0926. The van der Waals surface area contributed by atoms with E-state index in [2.05, 4.69) is 395 Å². The summed E-state index contributed by atoms with van der Waals surface area (Å²) in [4.78, 5) is 0. The summed E-state index contributed by atoms with van der Waals surface area (Å²) in [5, 5.41) is 15.2. The van der Waals surface area contributed by atoms with Gasteiger partial charge in [0.05, 0.1) is 0 Å². The van der Waals surface area contributed by atoms with E-state index >= 15 is 0 Å². The van der Waals surface area contributed by atoms with Crippen molar-refractivity contribution < 1.29 is 0 Å². The average molecular weight is 1380 g/mol. The van der Waals surface area contributed by atoms with Crippen LogP contribution in [0, 0.1) is 23.7 Å². The molecule has 0 bridgehead atoms. The SMILES string of the molecule is C1=CC2C=CC=C(C3=CC=C(C=CC4=CC=C(C5=c6ccccc6=C(C6=CC(c7cccc(-c8ccc9cc%10ccccc%10c(-c%10c%11ccccc%11c(-c%11ccc(C=Cc%12ccc(-c%13cccc%14ccccc%13%14)cc%12)cc%11)c%11ccccc%10%11)c9c8)c7)=CC(c7ccccc7)C6)C6C=CC=CC56)CC4)CC3)C2C=C1. The van der Waals surface area contributed by atoms with Gasteiger partial charge in [0.15, 0.2) is 0 Å². The lowest BCUT2D eigenvalue weighted by molar-refractivity contribution is 0.622. The van der Waals surface area contributed by atoms with Gasteiger partial charge in [-0.2, -0.15) is 0 Å². The van der Waals surface area contributed by atoms with Gasteiger partial charge in [-0.25, -0.2) is 0 Å². The zero-order valence-corrected chi connectivity index (χ0v) is 60.5. The number of allylic oxidation sites excluding steroid dienone is 26. The van der Waals surface area contributed by atoms with Crippen molar-refractivity contribution in [2.45, 2.75) is 38.0 Å². The molecule has 0 heterocycles. The molecule has 5 unspecified atom stereocenters. The lowest BCUT2D eigenvalue weighted by atomic mass is 9.67. The van der Waals surface area contributed by atoms with Gasteiger partial charge in [0.2, 0.25) is 0 Å². The van der Waals surface area contributed by atoms with E-state index in [0.717, 1.165) is 37.7 Å². The Kier molecular flexibility index (Phi) is 16.8. The van der Waals surface area contributed by atoms with Crippen LogP contribution in [0.15, 0.2) is 416 Å². The van der Waals surface area contributed by atoms with E-state index in [1.54, 1.807) is 0 Å². The van der Waals surface area contributed by atoms with Crippen molar-refractivity contribution in [3.8, 4) is 44.5 Å². The maximum absolute atomic E-state index is 2.56. The number of hydrogen-bond donors (Lipinski definition) is 0. The van der Waals surface area contributed by atoms with Crippen molar-refractivity contribution in [1.82, 2.24) is 0 Å². The van der Waals surface area contributed by atoms with Crippen LogP contribution in [0.2, 0.25) is 0 Å². The lowest BCUT2D eigenvalue weighted by Crippen LogP contribution is -2.41. The molecule has 20 rings (SSSR count). The van der Waals surface area contributed by atoms with Gasteiger partial charge in [-0.15, -0.1) is 0 Å². The summed E-state index contributed by atoms with van der Waals surface area (Å²) in [7, 11) is 0. The largest absolute Gasteiger partial charge is 0.0767 e. The monoisotopic (exact) mass is 1380 g/mol. The van der Waals surface area contributed by atoms with Crippen LogP contribution in [0.4, 0.5) is 0 Å². The van der Waals surface area contributed by atoms with Crippen LogP contribution in [-0.4, -0.2) is 0 Å². The van der Waals surface area contributed by atoms with Crippen molar-refractivity contribution >= 4 is 82.7 Å². The minimum atomic E-state index is 0.189. The van der Waals surface area contributed by atoms with E-state index in [1.165, 1.54) is 176 Å². The number of fused-ring (bicyclic) bond motifs is 8. The Hall–Kier alpha value is -12.7. The van der Waals surface area contributed by atoms with Crippen LogP contribution < -0.4 is 10.4 Å². The smallest absolute Gasteiger partial charge is 0.0134 e. The highest BCUT2D eigenvalue weighted by Gasteiger charge is 2.36. The predicted octanol–water partition coefficient (Wildman–Crippen LogP) is 26.9. The van der Waals surface area contributed by atoms with Crippen LogP contribution in [0.25, 0.3) is 127 Å². The van der Waals surface area contributed by atoms with E-state index in [0.29, 0.717) is 11.8 Å². The molecule has 512 valence electrons. The molecule has 7 aliphatic carbocycles. The quantitative estimate of drug-likeness (QED) is 0.0797. The van der Waals surface area contributed by atoms with Gasteiger partial charge in [-0.1, -0.05) is 376 Å². The molecule has 13 aromatic rings. The van der Waals surface area contributed by atoms with Crippen LogP contribution in [0.5, 0.6) is 0 Å². The number of rotatable bonds is 13. The number of benzene rings is 13. The second kappa shape index (κ2) is 28.0. The van der Waals surface area contributed by atoms with Crippen molar-refractivity contribution in [2.24, 2.45) is 23.7 Å². The summed E-state index contributed by atoms with van der Waals surface area (Å²) < 4.78 is 0. The lowest BCUT2D eigenvalue weighted by Gasteiger charge is -2.37. The van der Waals surface area contributed by atoms with Crippen LogP contribution in [-0.2, 0) is 0 Å². The molecule has 0 spiro atoms. The first-order chi connectivity index (χ1) is 53.5. The standard InChI is InChI=1S/C108H80/c1-2-21-75(22-3-1)87-67-88(69-89(68-87)106-97-35-12-10-33-95(97)104(96-34-11-13-36-98(96)106)80-59-51-73(52-60-80)45-43-71-47-55-78(56-48-71)92-41-19-26-76-23-4-7-30-90(76)92)83-29-18-28-82(65-83)84-63-64-86-66-85-25-6-9-32-94(85)107(103(86)70-84)108-101-39-16-14-37-99(101)105(100-38-15-17-40-102(100)108)81-61-53-74(54-62-81)46-44-72-49-57-79(58-50-72)93-42-20-27-77-24-5-8-31-91(77)93/h1-47,49-51,53-55,57-59,61-67,69-70,76,87,90,95,97H,48,52,56,60,68H2. The molecule has 0 saturated heterocycles. The zero-order valence-electron chi connectivity index (χ0n) is 60.5. The molecular weight excluding hydrogens is 1300 g/mol. The van der Waals surface area contributed by atoms with E-state index in [9.17, 15) is 0 Å². The van der Waals surface area contributed by atoms with Crippen LogP contribution in [0.1, 0.15) is 60.3 Å². The normalized spacial score (nSPS) is 19.5. The molecule has 0 heteroatoms. The fourth-order valence-electron chi connectivity index (χ4n) is 18.7. The van der Waals surface area contributed by atoms with Gasteiger partial charge in [0.25, 0.3) is 0 Å². The Morgan fingerprint density at radius 1 is 0.296 bits per heavy atom. The fourth-order valence-corrected chi connectivity index (χ4v) is 18.7. The Morgan fingerprint density at radius 3 is 1.50 bits per heavy atom. The highest BCUT2D eigenvalue weighted by molar-refractivity contribution is 6.27. The van der Waals surface area contributed by atoms with Crippen LogP contribution in [0.3, 0.4) is 0 Å². The molecule has 0 saturated carbocycles. The third-order valence-corrected chi connectivity index (χ3v) is 24.0. The van der Waals surface area contributed by atoms with E-state index in [1.807, 2.05) is 0 Å². The number of hydrogen-bond acceptors (Lipinski definition) is 0. The molecule has 108 heavy (non-hydrogen) atoms. The second-order valence-electron chi connectivity index (χ2n) is 30.2. The molecule has 7 aliphatic rings. The first-order valence-electron chi connectivity index (χ1n) is 38.8. The second-order valence-corrected chi connectivity index (χ2v) is 30.2. The van der Waals surface area contributed by atoms with E-state index in [4.69, 9.17) is 0 Å². The molecule has 0 amide bonds. The van der Waals surface area contributed by atoms with Crippen molar-refractivity contribution in [1.29, 1.82) is 0 Å². The summed E-state index contributed by atoms with van der Waals surface area (Å²) in [6.45, 7) is 0. The highest BCUT2D eigenvalue weighted by atomic mass is 14.4. The minimum Gasteiger partial charge on any atom is -0.0767 e. The van der Waals surface area contributed by atoms with Crippen LogP contribution >= 0.6 is 0 Å². The van der Waals surface area contributed by atoms with Gasteiger partial charge < -0.3 is 0 Å². The Labute approximate surface area is 633 Å². The Bertz CT molecular complexity index is 6420. The third kappa shape index (κ3) is 12.0. The Morgan fingerprint density at radius 2 is 0.815 bits per heavy atom. The molecule has 0 fully saturated rings. The minimum absolute atomic E-state index is 0.189. The van der Waals surface area contributed by atoms with Crippen molar-refractivity contribution in [2.75, 3.05) is 0 Å². The molecular formula is C108H80. The first kappa shape index (κ1) is 64.8. The molecule has 5 atom stereocenters. The van der Waals surface area contributed by atoms with Gasteiger partial charge in [-0.05, 0) is 232 Å². The summed E-state index contributed by atoms with van der Waals surface area (Å²) in [6, 6.07) is 100. The maximum atomic E-state index is 2.56. The van der Waals surface area contributed by atoms with Gasteiger partial charge in [0, 0.05) is 29.6 Å². The predicted molar refractivity (Wildman–Crippen MR) is 461 cm³/mol. The maximum Gasteiger partial charge on any atom is 0.0134 e. The van der Waals surface area contributed by atoms with Gasteiger partial charge in [-0.3, -0.25) is 0 Å². The topological polar surface area (TPSA) is 0 Å². The van der Waals surface area contributed by atoms with Gasteiger partial charge >= 0.3 is 0 Å². The van der Waals surface area contributed by atoms with Gasteiger partial charge in [0.1, 0.15) is 0 Å². The first-order valence-corrected chi connectivity index (χ1v) is 38.8. The molecule has 0 N–H and O–H groups in total. The summed E-state index contributed by atoms with van der Waals surface area (Å²) in [5.74, 6) is 1.52. The zero-order chi connectivity index (χ0) is 71.4. The molecule has 0 nitrogen and oxygen atoms in total. The Balaban J connectivity index is 0.641. The van der Waals surface area contributed by atoms with E-state index < -0.39 is 0 Å². The average Bonchev–Trinajstić information content (AvgIpc) is 0.727. The summed E-state index contributed by atoms with van der Waals surface area (Å²) in [5.41, 5.74) is 27.6. The molecule has 0 aliphatic heterocycles. The van der Waals surface area contributed by atoms with Crippen molar-refractivity contribution in [3.63, 3.8) is 0 Å². The summed E-state index contributed by atoms with van der Waals surface area (Å²) >= 11 is 0.